The second kappa shape index (κ2) is 4.09. The zero-order valence-corrected chi connectivity index (χ0v) is 6.06. The van der Waals surface area contributed by atoms with Crippen molar-refractivity contribution in [3.63, 3.8) is 0 Å². The van der Waals surface area contributed by atoms with Crippen molar-refractivity contribution in [2.45, 2.75) is 12.5 Å². The van der Waals surface area contributed by atoms with E-state index in [0.717, 1.165) is 26.2 Å². The van der Waals surface area contributed by atoms with Crippen molar-refractivity contribution >= 4 is 11.6 Å². The Balaban J connectivity index is 1.80. The highest BCUT2D eigenvalue weighted by atomic mass is 35.5. The summed E-state index contributed by atoms with van der Waals surface area (Å²) in [5.74, 6) is 0.688. The molecule has 2 nitrogen and oxygen atoms in total. The van der Waals surface area contributed by atoms with Crippen molar-refractivity contribution in [3.8, 4) is 0 Å². The van der Waals surface area contributed by atoms with Gasteiger partial charge in [0.25, 0.3) is 0 Å². The van der Waals surface area contributed by atoms with Gasteiger partial charge in [0.1, 0.15) is 6.10 Å². The van der Waals surface area contributed by atoms with Gasteiger partial charge in [0, 0.05) is 12.5 Å². The summed E-state index contributed by atoms with van der Waals surface area (Å²) in [6.07, 6.45) is 1.30. The molecule has 0 N–H and O–H groups in total. The van der Waals surface area contributed by atoms with E-state index in [1.165, 1.54) is 0 Å². The molecule has 1 saturated heterocycles. The Morgan fingerprint density at radius 2 is 2.33 bits per heavy atom. The second-order valence-corrected chi connectivity index (χ2v) is 2.45. The highest BCUT2D eigenvalue weighted by molar-refractivity contribution is 6.17. The second-order valence-electron chi connectivity index (χ2n) is 2.07. The van der Waals surface area contributed by atoms with Gasteiger partial charge in [-0.25, -0.2) is 0 Å². The van der Waals surface area contributed by atoms with Crippen LogP contribution >= 0.6 is 11.6 Å². The molecule has 0 saturated carbocycles. The molecule has 0 radical (unpaired) electrons. The lowest BCUT2D eigenvalue weighted by Gasteiger charge is -2.25. The first kappa shape index (κ1) is 7.32. The molecule has 1 fully saturated rings. The summed E-state index contributed by atoms with van der Waals surface area (Å²) in [5.41, 5.74) is 0. The number of ether oxygens (including phenoxy) is 2. The van der Waals surface area contributed by atoms with Crippen molar-refractivity contribution < 1.29 is 9.47 Å². The van der Waals surface area contributed by atoms with E-state index in [4.69, 9.17) is 21.1 Å². The van der Waals surface area contributed by atoms with Gasteiger partial charge in [0.15, 0.2) is 0 Å². The first-order chi connectivity index (χ1) is 4.43. The third-order valence-corrected chi connectivity index (χ3v) is 1.51. The fourth-order valence-corrected chi connectivity index (χ4v) is 0.724. The number of hydrogen-bond acceptors (Lipinski definition) is 2. The monoisotopic (exact) mass is 150 g/mol. The molecule has 1 heterocycles. The van der Waals surface area contributed by atoms with Crippen LogP contribution in [0.5, 0.6) is 0 Å². The molecule has 1 aliphatic heterocycles. The molecule has 0 amide bonds. The molecule has 3 heteroatoms. The molecule has 0 atom stereocenters. The van der Waals surface area contributed by atoms with Gasteiger partial charge in [0.05, 0.1) is 13.2 Å². The lowest BCUT2D eigenvalue weighted by molar-refractivity contribution is -0.129. The van der Waals surface area contributed by atoms with Crippen LogP contribution in [0.25, 0.3) is 0 Å². The Morgan fingerprint density at radius 1 is 1.56 bits per heavy atom. The van der Waals surface area contributed by atoms with Crippen LogP contribution in [-0.2, 0) is 9.47 Å². The minimum Gasteiger partial charge on any atom is -0.376 e. The molecule has 0 aromatic heterocycles. The zero-order valence-electron chi connectivity index (χ0n) is 5.31. The van der Waals surface area contributed by atoms with Gasteiger partial charge in [-0.15, -0.1) is 11.6 Å². The summed E-state index contributed by atoms with van der Waals surface area (Å²) < 4.78 is 10.2. The molecule has 0 bridgehead atoms. The van der Waals surface area contributed by atoms with Crippen LogP contribution in [0.15, 0.2) is 0 Å². The van der Waals surface area contributed by atoms with Gasteiger partial charge in [-0.1, -0.05) is 0 Å². The summed E-state index contributed by atoms with van der Waals surface area (Å²) in [4.78, 5) is 0. The summed E-state index contributed by atoms with van der Waals surface area (Å²) >= 11 is 5.43. The average molecular weight is 151 g/mol. The van der Waals surface area contributed by atoms with Gasteiger partial charge < -0.3 is 9.47 Å². The first-order valence-electron chi connectivity index (χ1n) is 3.19. The summed E-state index contributed by atoms with van der Waals surface area (Å²) in [6.45, 7) is 2.31. The molecule has 0 unspecified atom stereocenters. The molecule has 0 aliphatic carbocycles. The molecule has 0 aromatic carbocycles. The van der Waals surface area contributed by atoms with Gasteiger partial charge in [-0.3, -0.25) is 0 Å². The van der Waals surface area contributed by atoms with E-state index >= 15 is 0 Å². The minimum atomic E-state index is 0.355. The van der Waals surface area contributed by atoms with Crippen LogP contribution in [-0.4, -0.2) is 31.8 Å². The standard InChI is InChI=1S/C6H11ClO2/c7-2-1-3-9-6-4-8-5-6/h6H,1-5H2. The predicted octanol–water partition coefficient (Wildman–Crippen LogP) is 1.03. The van der Waals surface area contributed by atoms with Crippen molar-refractivity contribution in [1.82, 2.24) is 0 Å². The normalized spacial score (nSPS) is 19.7. The van der Waals surface area contributed by atoms with E-state index in [0.29, 0.717) is 12.0 Å². The van der Waals surface area contributed by atoms with Crippen molar-refractivity contribution in [2.24, 2.45) is 0 Å². The highest BCUT2D eigenvalue weighted by Crippen LogP contribution is 2.05. The molecule has 1 aliphatic rings. The van der Waals surface area contributed by atoms with Crippen LogP contribution in [0.3, 0.4) is 0 Å². The Hall–Kier alpha value is 0.210. The van der Waals surface area contributed by atoms with E-state index in [-0.39, 0.29) is 0 Å². The fourth-order valence-electron chi connectivity index (χ4n) is 0.615. The summed E-state index contributed by atoms with van der Waals surface area (Å²) in [6, 6.07) is 0. The minimum absolute atomic E-state index is 0.355. The Labute approximate surface area is 60.1 Å². The fraction of sp³-hybridized carbons (Fsp3) is 1.00. The largest absolute Gasteiger partial charge is 0.376 e. The highest BCUT2D eigenvalue weighted by Gasteiger charge is 2.17. The van der Waals surface area contributed by atoms with Crippen molar-refractivity contribution in [2.75, 3.05) is 25.7 Å². The van der Waals surface area contributed by atoms with E-state index in [9.17, 15) is 0 Å². The number of rotatable bonds is 4. The summed E-state index contributed by atoms with van der Waals surface area (Å²) in [5, 5.41) is 0. The smallest absolute Gasteiger partial charge is 0.104 e. The number of halogens is 1. The Bertz CT molecular complexity index is 73.5. The topological polar surface area (TPSA) is 18.5 Å². The number of alkyl halides is 1. The maximum absolute atomic E-state index is 5.43. The summed E-state index contributed by atoms with van der Waals surface area (Å²) in [7, 11) is 0. The Morgan fingerprint density at radius 3 is 2.78 bits per heavy atom. The Kier molecular flexibility index (Phi) is 3.33. The van der Waals surface area contributed by atoms with Gasteiger partial charge >= 0.3 is 0 Å². The first-order valence-corrected chi connectivity index (χ1v) is 3.72. The van der Waals surface area contributed by atoms with Crippen LogP contribution in [0, 0.1) is 0 Å². The molecule has 1 rings (SSSR count). The SMILES string of the molecule is ClCCCOC1COC1. The van der Waals surface area contributed by atoms with E-state index in [1.54, 1.807) is 0 Å². The van der Waals surface area contributed by atoms with Crippen LogP contribution in [0.1, 0.15) is 6.42 Å². The number of hydrogen-bond donors (Lipinski definition) is 0. The lowest BCUT2D eigenvalue weighted by atomic mass is 10.3. The van der Waals surface area contributed by atoms with Gasteiger partial charge in [0.2, 0.25) is 0 Å². The van der Waals surface area contributed by atoms with Crippen LogP contribution in [0.4, 0.5) is 0 Å². The maximum atomic E-state index is 5.43. The third-order valence-electron chi connectivity index (χ3n) is 1.24. The molecular formula is C6H11ClO2. The van der Waals surface area contributed by atoms with Crippen molar-refractivity contribution in [3.05, 3.63) is 0 Å². The average Bonchev–Trinajstić information content (AvgIpc) is 1.76. The zero-order chi connectivity index (χ0) is 6.53. The van der Waals surface area contributed by atoms with E-state index < -0.39 is 0 Å². The molecule has 9 heavy (non-hydrogen) atoms. The van der Waals surface area contributed by atoms with Crippen LogP contribution in [0.2, 0.25) is 0 Å². The van der Waals surface area contributed by atoms with Gasteiger partial charge in [-0.05, 0) is 6.42 Å². The van der Waals surface area contributed by atoms with Crippen molar-refractivity contribution in [1.29, 1.82) is 0 Å². The lowest BCUT2D eigenvalue weighted by Crippen LogP contribution is -2.36. The maximum Gasteiger partial charge on any atom is 0.104 e. The van der Waals surface area contributed by atoms with E-state index in [2.05, 4.69) is 0 Å². The third kappa shape index (κ3) is 2.52. The van der Waals surface area contributed by atoms with Gasteiger partial charge in [-0.2, -0.15) is 0 Å². The molecule has 54 valence electrons. The van der Waals surface area contributed by atoms with E-state index in [1.807, 2.05) is 0 Å². The molecular weight excluding hydrogens is 140 g/mol. The quantitative estimate of drug-likeness (QED) is 0.440. The van der Waals surface area contributed by atoms with Crippen LogP contribution < -0.4 is 0 Å². The molecule has 0 spiro atoms. The molecule has 0 aromatic rings. The predicted molar refractivity (Wildman–Crippen MR) is 35.9 cm³/mol.